The lowest BCUT2D eigenvalue weighted by atomic mass is 10.0. The van der Waals surface area contributed by atoms with Crippen LogP contribution < -0.4 is 19.1 Å². The molecule has 0 aliphatic carbocycles. The lowest BCUT2D eigenvalue weighted by Crippen LogP contribution is -2.38. The van der Waals surface area contributed by atoms with E-state index in [9.17, 15) is 26.8 Å². The number of methoxy groups -OCH3 is 1. The Bertz CT molecular complexity index is 1580. The number of benzene rings is 3. The lowest BCUT2D eigenvalue weighted by Gasteiger charge is -2.30. The van der Waals surface area contributed by atoms with Crippen LogP contribution in [0.2, 0.25) is 5.02 Å². The van der Waals surface area contributed by atoms with E-state index in [0.29, 0.717) is 29.1 Å². The summed E-state index contributed by atoms with van der Waals surface area (Å²) in [7, 11) is -2.77. The van der Waals surface area contributed by atoms with E-state index in [1.165, 1.54) is 29.6 Å². The van der Waals surface area contributed by atoms with Gasteiger partial charge in [-0.15, -0.1) is 0 Å². The van der Waals surface area contributed by atoms with Gasteiger partial charge in [-0.05, 0) is 61.4 Å². The van der Waals surface area contributed by atoms with E-state index >= 15 is 0 Å². The molecule has 0 aromatic heterocycles. The third-order valence-corrected chi connectivity index (χ3v) is 7.91. The summed E-state index contributed by atoms with van der Waals surface area (Å²) in [5.74, 6) is -3.28. The lowest BCUT2D eigenvalue weighted by molar-refractivity contribution is -0.150. The van der Waals surface area contributed by atoms with E-state index in [1.807, 2.05) is 0 Å². The summed E-state index contributed by atoms with van der Waals surface area (Å²) in [6, 6.07) is 12.9. The second kappa shape index (κ2) is 13.5. The fourth-order valence-electron chi connectivity index (χ4n) is 3.91. The average molecular weight is 609 g/mol. The number of carbonyl (C=O) groups excluding carboxylic acids is 1. The maximum atomic E-state index is 14.3. The molecule has 1 aliphatic rings. The topological polar surface area (TPSA) is 122 Å². The molecule has 0 saturated carbocycles. The molecule has 13 heteroatoms. The first kappa shape index (κ1) is 31.4. The van der Waals surface area contributed by atoms with Crippen molar-refractivity contribution in [1.82, 2.24) is 5.32 Å². The van der Waals surface area contributed by atoms with Crippen molar-refractivity contribution >= 4 is 50.8 Å². The fourth-order valence-corrected chi connectivity index (χ4v) is 5.69. The van der Waals surface area contributed by atoms with E-state index in [2.05, 4.69) is 5.32 Å². The van der Waals surface area contributed by atoms with Crippen LogP contribution in [0.1, 0.15) is 25.0 Å². The predicted octanol–water partition coefficient (Wildman–Crippen LogP) is 4.98. The zero-order chi connectivity index (χ0) is 30.3. The number of sulfonamides is 1. The molecule has 1 amide bonds. The maximum Gasteiger partial charge on any atom is 0.394 e. The molecule has 2 N–H and O–H groups in total. The van der Waals surface area contributed by atoms with Crippen molar-refractivity contribution < 1.29 is 41.4 Å². The molecule has 1 heterocycles. The number of halogens is 3. The van der Waals surface area contributed by atoms with Crippen molar-refractivity contribution in [2.75, 3.05) is 31.1 Å². The summed E-state index contributed by atoms with van der Waals surface area (Å²) >= 11 is 6.17. The smallest absolute Gasteiger partial charge is 0.394 e. The normalized spacial score (nSPS) is 12.8. The number of carbonyl (C=O) groups is 2. The van der Waals surface area contributed by atoms with E-state index in [4.69, 9.17) is 26.2 Å². The molecule has 0 unspecified atom stereocenters. The number of nitrogens with one attached hydrogen (secondary N) is 1. The highest BCUT2D eigenvalue weighted by Gasteiger charge is 2.31. The van der Waals surface area contributed by atoms with Crippen molar-refractivity contribution in [1.29, 1.82) is 0 Å². The Hall–Kier alpha value is -4.16. The Labute approximate surface area is 241 Å². The first-order valence-electron chi connectivity index (χ1n) is 12.2. The molecule has 218 valence electrons. The van der Waals surface area contributed by atoms with Crippen molar-refractivity contribution in [3.05, 3.63) is 82.4 Å². The summed E-state index contributed by atoms with van der Waals surface area (Å²) in [4.78, 5) is 19.6. The summed E-state index contributed by atoms with van der Waals surface area (Å²) in [5, 5.41) is 10.3. The van der Waals surface area contributed by atoms with Crippen LogP contribution in [0.25, 0.3) is 11.6 Å². The highest BCUT2D eigenvalue weighted by molar-refractivity contribution is 7.92. The molecule has 0 spiro atoms. The third kappa shape index (κ3) is 7.33. The van der Waals surface area contributed by atoms with Crippen LogP contribution in [0.5, 0.6) is 11.5 Å². The molecule has 0 saturated heterocycles. The minimum Gasteiger partial charge on any atom is -0.494 e. The molecule has 3 aromatic rings. The van der Waals surface area contributed by atoms with Gasteiger partial charge in [0.25, 0.3) is 10.0 Å². The summed E-state index contributed by atoms with van der Waals surface area (Å²) in [6.45, 7) is 3.95. The molecule has 4 rings (SSSR count). The number of anilines is 1. The Morgan fingerprint density at radius 2 is 1.88 bits per heavy atom. The SMILES string of the molecule is CCNC(=O)C(=O)O.COc1cc(S(=O)(=O)N2CCOc3ccc(/C=C(\C)c4c(F)cccc4Cl)cc32)ccc1F. The third-order valence-electron chi connectivity index (χ3n) is 5.79. The zero-order valence-electron chi connectivity index (χ0n) is 22.3. The second-order valence-electron chi connectivity index (χ2n) is 8.54. The Balaban J connectivity index is 0.000000507. The minimum absolute atomic E-state index is 0.0698. The van der Waals surface area contributed by atoms with Gasteiger partial charge in [0.2, 0.25) is 0 Å². The van der Waals surface area contributed by atoms with Crippen LogP contribution in [-0.4, -0.2) is 52.2 Å². The predicted molar refractivity (Wildman–Crippen MR) is 151 cm³/mol. The highest BCUT2D eigenvalue weighted by atomic mass is 35.5. The van der Waals surface area contributed by atoms with Crippen LogP contribution in [0.15, 0.2) is 59.5 Å². The van der Waals surface area contributed by atoms with Crippen molar-refractivity contribution in [3.8, 4) is 11.5 Å². The molecule has 0 atom stereocenters. The average Bonchev–Trinajstić information content (AvgIpc) is 2.93. The van der Waals surface area contributed by atoms with Crippen LogP contribution >= 0.6 is 11.6 Å². The number of nitrogens with zero attached hydrogens (tertiary/aromatic N) is 1. The molecular formula is C28H27ClF2N2O7S. The molecule has 0 fully saturated rings. The minimum atomic E-state index is -4.03. The quantitative estimate of drug-likeness (QED) is 0.299. The molecule has 1 aliphatic heterocycles. The van der Waals surface area contributed by atoms with Crippen molar-refractivity contribution in [2.24, 2.45) is 0 Å². The van der Waals surface area contributed by atoms with Gasteiger partial charge in [-0.3, -0.25) is 9.10 Å². The number of fused-ring (bicyclic) bond motifs is 1. The van der Waals surface area contributed by atoms with E-state index in [1.54, 1.807) is 44.2 Å². The Kier molecular flexibility index (Phi) is 10.3. The Morgan fingerprint density at radius 1 is 1.15 bits per heavy atom. The maximum absolute atomic E-state index is 14.3. The van der Waals surface area contributed by atoms with Crippen LogP contribution in [-0.2, 0) is 19.6 Å². The van der Waals surface area contributed by atoms with Gasteiger partial charge in [0.1, 0.15) is 18.2 Å². The van der Waals surface area contributed by atoms with Crippen molar-refractivity contribution in [3.63, 3.8) is 0 Å². The number of ether oxygens (including phenoxy) is 2. The van der Waals surface area contributed by atoms with E-state index in [-0.39, 0.29) is 34.4 Å². The van der Waals surface area contributed by atoms with Gasteiger partial charge >= 0.3 is 11.9 Å². The Morgan fingerprint density at radius 3 is 2.49 bits per heavy atom. The van der Waals surface area contributed by atoms with Crippen LogP contribution in [0, 0.1) is 11.6 Å². The number of carboxylic acids is 1. The van der Waals surface area contributed by atoms with Crippen LogP contribution in [0.4, 0.5) is 14.5 Å². The number of likely N-dealkylation sites (N-methyl/N-ethyl adjacent to an activating group) is 1. The monoisotopic (exact) mass is 608 g/mol. The number of allylic oxidation sites excluding steroid dienone is 1. The molecule has 41 heavy (non-hydrogen) atoms. The number of rotatable bonds is 6. The fraction of sp³-hybridized carbons (Fsp3) is 0.214. The summed E-state index contributed by atoms with van der Waals surface area (Å²) < 4.78 is 66.7. The largest absolute Gasteiger partial charge is 0.494 e. The molecule has 0 bridgehead atoms. The number of hydrogen-bond donors (Lipinski definition) is 2. The highest BCUT2D eigenvalue weighted by Crippen LogP contribution is 2.38. The van der Waals surface area contributed by atoms with Crippen molar-refractivity contribution in [2.45, 2.75) is 18.7 Å². The standard InChI is InChI=1S/C24H20ClF2NO4S.C4H7NO3/c1-15(24-18(25)4-3-5-20(24)27)12-16-6-9-22-21(13-16)28(10-11-32-22)33(29,30)17-7-8-19(26)23(14-17)31-2;1-2-5-3(6)4(7)8/h3-9,12-14H,10-11H2,1-2H3;2H2,1H3,(H,5,6)(H,7,8)/b15-12+;. The first-order valence-corrected chi connectivity index (χ1v) is 14.0. The summed E-state index contributed by atoms with van der Waals surface area (Å²) in [6.07, 6.45) is 1.71. The van der Waals surface area contributed by atoms with Gasteiger partial charge in [0, 0.05) is 18.2 Å². The van der Waals surface area contributed by atoms with Gasteiger partial charge in [0.05, 0.1) is 29.3 Å². The number of amides is 1. The van der Waals surface area contributed by atoms with Gasteiger partial charge < -0.3 is 19.9 Å². The first-order chi connectivity index (χ1) is 19.4. The van der Waals surface area contributed by atoms with Gasteiger partial charge in [-0.2, -0.15) is 0 Å². The summed E-state index contributed by atoms with van der Waals surface area (Å²) in [5.41, 5.74) is 1.81. The van der Waals surface area contributed by atoms with Gasteiger partial charge in [-0.25, -0.2) is 22.0 Å². The molecular weight excluding hydrogens is 582 g/mol. The molecule has 0 radical (unpaired) electrons. The zero-order valence-corrected chi connectivity index (χ0v) is 23.9. The number of carboxylic acid groups (broad SMARTS) is 1. The molecule has 3 aromatic carbocycles. The number of aliphatic carboxylic acids is 1. The number of hydrogen-bond acceptors (Lipinski definition) is 6. The second-order valence-corrected chi connectivity index (χ2v) is 10.8. The van der Waals surface area contributed by atoms with Gasteiger partial charge in [-0.1, -0.05) is 29.8 Å². The van der Waals surface area contributed by atoms with E-state index in [0.717, 1.165) is 12.1 Å². The van der Waals surface area contributed by atoms with E-state index < -0.39 is 33.5 Å². The van der Waals surface area contributed by atoms with Crippen LogP contribution in [0.3, 0.4) is 0 Å². The van der Waals surface area contributed by atoms with Gasteiger partial charge in [0.15, 0.2) is 11.6 Å². The molecule has 9 nitrogen and oxygen atoms in total.